The maximum absolute atomic E-state index is 6.10. The molecule has 25 heavy (non-hydrogen) atoms. The summed E-state index contributed by atoms with van der Waals surface area (Å²) in [7, 11) is 0. The predicted molar refractivity (Wildman–Crippen MR) is 113 cm³/mol. The lowest BCUT2D eigenvalue weighted by atomic mass is 9.96. The Morgan fingerprint density at radius 3 is 2.88 bits per heavy atom. The summed E-state index contributed by atoms with van der Waals surface area (Å²) in [6.45, 7) is 3.83. The van der Waals surface area contributed by atoms with Crippen molar-refractivity contribution in [2.24, 2.45) is 4.99 Å². The van der Waals surface area contributed by atoms with E-state index in [0.717, 1.165) is 25.3 Å². The van der Waals surface area contributed by atoms with Gasteiger partial charge >= 0.3 is 0 Å². The standard InChI is InChI=1S/C17H23Cl2N3O2.HI/c1-2-20-17(22-13-10-11-6-7-14(13)24-11)21-8-9-23-15-5-3-4-12(18)16(15)19;/h3-5,11,13-14H,2,6-10H2,1H3,(H2,20,21,22);1H. The van der Waals surface area contributed by atoms with Gasteiger partial charge in [0, 0.05) is 6.54 Å². The number of hydrogen-bond donors (Lipinski definition) is 2. The smallest absolute Gasteiger partial charge is 0.191 e. The third kappa shape index (κ3) is 5.52. The Hall–Kier alpha value is -0.440. The summed E-state index contributed by atoms with van der Waals surface area (Å²) in [5, 5.41) is 7.67. The van der Waals surface area contributed by atoms with Crippen LogP contribution in [-0.4, -0.2) is 43.9 Å². The SMILES string of the molecule is CCNC(=NCCOc1cccc(Cl)c1Cl)NC1CC2CCC1O2.I. The molecule has 2 aliphatic heterocycles. The molecular formula is C17H24Cl2IN3O2. The second-order valence-corrected chi connectivity index (χ2v) is 6.81. The number of guanidine groups is 1. The lowest BCUT2D eigenvalue weighted by molar-refractivity contribution is 0.0992. The molecule has 2 aliphatic rings. The van der Waals surface area contributed by atoms with Gasteiger partial charge in [-0.2, -0.15) is 0 Å². The molecule has 5 nitrogen and oxygen atoms in total. The number of rotatable bonds is 6. The van der Waals surface area contributed by atoms with Crippen molar-refractivity contribution in [1.82, 2.24) is 10.6 Å². The van der Waals surface area contributed by atoms with Gasteiger partial charge in [-0.15, -0.1) is 24.0 Å². The molecule has 0 amide bonds. The van der Waals surface area contributed by atoms with Crippen LogP contribution in [0, 0.1) is 0 Å². The highest BCUT2D eigenvalue weighted by Gasteiger charge is 2.41. The van der Waals surface area contributed by atoms with Crippen molar-refractivity contribution < 1.29 is 9.47 Å². The minimum absolute atomic E-state index is 0. The molecule has 3 rings (SSSR count). The summed E-state index contributed by atoms with van der Waals surface area (Å²) in [6, 6.07) is 5.70. The topological polar surface area (TPSA) is 54.9 Å². The Morgan fingerprint density at radius 1 is 1.36 bits per heavy atom. The molecule has 1 aromatic rings. The number of benzene rings is 1. The summed E-state index contributed by atoms with van der Waals surface area (Å²) in [4.78, 5) is 4.57. The summed E-state index contributed by atoms with van der Waals surface area (Å²) in [5.74, 6) is 1.39. The zero-order valence-electron chi connectivity index (χ0n) is 14.1. The molecule has 3 unspecified atom stereocenters. The molecule has 0 spiro atoms. The minimum atomic E-state index is 0. The van der Waals surface area contributed by atoms with Crippen molar-refractivity contribution in [2.75, 3.05) is 19.7 Å². The second-order valence-electron chi connectivity index (χ2n) is 6.02. The Kier molecular flexibility index (Phi) is 8.38. The van der Waals surface area contributed by atoms with E-state index in [2.05, 4.69) is 22.5 Å². The molecule has 1 aromatic carbocycles. The molecule has 0 radical (unpaired) electrons. The van der Waals surface area contributed by atoms with Gasteiger partial charge in [0.2, 0.25) is 0 Å². The molecule has 3 atom stereocenters. The second kappa shape index (κ2) is 10.0. The van der Waals surface area contributed by atoms with Gasteiger partial charge in [-0.3, -0.25) is 0 Å². The molecule has 2 N–H and O–H groups in total. The minimum Gasteiger partial charge on any atom is -0.490 e. The van der Waals surface area contributed by atoms with Gasteiger partial charge in [0.15, 0.2) is 5.96 Å². The summed E-state index contributed by atoms with van der Waals surface area (Å²) in [5.41, 5.74) is 0. The molecule has 0 saturated carbocycles. The zero-order valence-corrected chi connectivity index (χ0v) is 18.0. The van der Waals surface area contributed by atoms with Crippen LogP contribution < -0.4 is 15.4 Å². The fourth-order valence-corrected chi connectivity index (χ4v) is 3.54. The lowest BCUT2D eigenvalue weighted by Crippen LogP contribution is -2.47. The van der Waals surface area contributed by atoms with Crippen LogP contribution in [0.25, 0.3) is 0 Å². The maximum Gasteiger partial charge on any atom is 0.191 e. The fourth-order valence-electron chi connectivity index (χ4n) is 3.19. The van der Waals surface area contributed by atoms with E-state index in [0.29, 0.717) is 47.2 Å². The van der Waals surface area contributed by atoms with Gasteiger partial charge in [0.1, 0.15) is 17.4 Å². The summed E-state index contributed by atoms with van der Waals surface area (Å²) >= 11 is 12.1. The normalized spacial score (nSPS) is 24.8. The predicted octanol–water partition coefficient (Wildman–Crippen LogP) is 3.87. The van der Waals surface area contributed by atoms with Crippen LogP contribution in [0.2, 0.25) is 10.0 Å². The molecule has 8 heteroatoms. The van der Waals surface area contributed by atoms with Crippen LogP contribution in [0.3, 0.4) is 0 Å². The molecule has 0 aliphatic carbocycles. The Morgan fingerprint density at radius 2 is 2.20 bits per heavy atom. The average molecular weight is 500 g/mol. The van der Waals surface area contributed by atoms with Crippen molar-refractivity contribution in [3.8, 4) is 5.75 Å². The monoisotopic (exact) mass is 499 g/mol. The third-order valence-corrected chi connectivity index (χ3v) is 5.11. The first-order valence-electron chi connectivity index (χ1n) is 8.44. The third-order valence-electron chi connectivity index (χ3n) is 4.31. The van der Waals surface area contributed by atoms with Crippen molar-refractivity contribution in [3.63, 3.8) is 0 Å². The number of hydrogen-bond acceptors (Lipinski definition) is 3. The van der Waals surface area contributed by atoms with Crippen molar-refractivity contribution >= 4 is 53.1 Å². The highest BCUT2D eigenvalue weighted by Crippen LogP contribution is 2.34. The molecule has 2 saturated heterocycles. The molecule has 2 heterocycles. The van der Waals surface area contributed by atoms with E-state index < -0.39 is 0 Å². The van der Waals surface area contributed by atoms with Gasteiger partial charge in [0.05, 0.1) is 29.8 Å². The average Bonchev–Trinajstić information content (AvgIpc) is 3.18. The summed E-state index contributed by atoms with van der Waals surface area (Å²) < 4.78 is 11.5. The lowest BCUT2D eigenvalue weighted by Gasteiger charge is -2.22. The van der Waals surface area contributed by atoms with E-state index in [-0.39, 0.29) is 24.0 Å². The first kappa shape index (κ1) is 20.9. The first-order valence-corrected chi connectivity index (χ1v) is 9.20. The maximum atomic E-state index is 6.10. The van der Waals surface area contributed by atoms with Crippen LogP contribution in [0.1, 0.15) is 26.2 Å². The first-order chi connectivity index (χ1) is 11.7. The fraction of sp³-hybridized carbons (Fsp3) is 0.588. The van der Waals surface area contributed by atoms with Gasteiger partial charge in [-0.25, -0.2) is 4.99 Å². The van der Waals surface area contributed by atoms with Crippen molar-refractivity contribution in [3.05, 3.63) is 28.2 Å². The molecular weight excluding hydrogens is 476 g/mol. The van der Waals surface area contributed by atoms with E-state index in [1.807, 2.05) is 6.07 Å². The van der Waals surface area contributed by atoms with Gasteiger partial charge in [0.25, 0.3) is 0 Å². The number of fused-ring (bicyclic) bond motifs is 2. The highest BCUT2D eigenvalue weighted by atomic mass is 127. The number of nitrogens with zero attached hydrogens (tertiary/aromatic N) is 1. The Labute approximate surface area is 175 Å². The highest BCUT2D eigenvalue weighted by molar-refractivity contribution is 14.0. The molecule has 2 fully saturated rings. The van der Waals surface area contributed by atoms with Crippen LogP contribution in [0.4, 0.5) is 0 Å². The van der Waals surface area contributed by atoms with Crippen molar-refractivity contribution in [2.45, 2.75) is 44.4 Å². The van der Waals surface area contributed by atoms with E-state index in [4.69, 9.17) is 32.7 Å². The van der Waals surface area contributed by atoms with Crippen LogP contribution in [-0.2, 0) is 4.74 Å². The molecule has 140 valence electrons. The molecule has 0 aromatic heterocycles. The van der Waals surface area contributed by atoms with Crippen molar-refractivity contribution in [1.29, 1.82) is 0 Å². The van der Waals surface area contributed by atoms with Gasteiger partial charge in [-0.1, -0.05) is 29.3 Å². The Bertz CT molecular complexity index is 603. The van der Waals surface area contributed by atoms with E-state index in [9.17, 15) is 0 Å². The number of ether oxygens (including phenoxy) is 2. The summed E-state index contributed by atoms with van der Waals surface area (Å²) in [6.07, 6.45) is 4.12. The van der Waals surface area contributed by atoms with Gasteiger partial charge in [-0.05, 0) is 38.3 Å². The van der Waals surface area contributed by atoms with Crippen LogP contribution >= 0.6 is 47.2 Å². The van der Waals surface area contributed by atoms with E-state index in [1.165, 1.54) is 6.42 Å². The van der Waals surface area contributed by atoms with E-state index >= 15 is 0 Å². The van der Waals surface area contributed by atoms with Gasteiger partial charge < -0.3 is 20.1 Å². The largest absolute Gasteiger partial charge is 0.490 e. The Balaban J connectivity index is 0.00000225. The number of aliphatic imine (C=N–C) groups is 1. The quantitative estimate of drug-likeness (QED) is 0.270. The van der Waals surface area contributed by atoms with Crippen LogP contribution in [0.15, 0.2) is 23.2 Å². The van der Waals surface area contributed by atoms with Crippen LogP contribution in [0.5, 0.6) is 5.75 Å². The van der Waals surface area contributed by atoms with E-state index in [1.54, 1.807) is 12.1 Å². The molecule has 2 bridgehead atoms. The number of halogens is 3. The number of nitrogens with one attached hydrogen (secondary N) is 2. The zero-order chi connectivity index (χ0) is 16.9.